The third kappa shape index (κ3) is 6.72. The number of alkyl carbamates (subject to hydrolysis) is 1. The first-order chi connectivity index (χ1) is 15.9. The summed E-state index contributed by atoms with van der Waals surface area (Å²) >= 11 is 0. The van der Waals surface area contributed by atoms with Crippen LogP contribution in [0.4, 0.5) is 4.79 Å². The molecular weight excluding hydrogens is 464 g/mol. The topological polar surface area (TPSA) is 248 Å². The van der Waals surface area contributed by atoms with Gasteiger partial charge in [0.25, 0.3) is 0 Å². The zero-order chi connectivity index (χ0) is 25.7. The first-order valence-electron chi connectivity index (χ1n) is 10.8. The molecule has 0 saturated carbocycles. The second-order valence-electron chi connectivity index (χ2n) is 8.69. The van der Waals surface area contributed by atoms with Crippen LogP contribution in [0.3, 0.4) is 0 Å². The summed E-state index contributed by atoms with van der Waals surface area (Å²) in [6.45, 7) is 2.07. The van der Waals surface area contributed by atoms with Crippen molar-refractivity contribution >= 4 is 12.0 Å². The van der Waals surface area contributed by atoms with Crippen LogP contribution in [0, 0.1) is 5.92 Å². The van der Waals surface area contributed by atoms with Crippen LogP contribution in [0.1, 0.15) is 20.3 Å². The molecule has 10 N–H and O–H groups in total. The molecule has 34 heavy (non-hydrogen) atoms. The maximum absolute atomic E-state index is 12.8. The first kappa shape index (κ1) is 28.6. The zero-order valence-corrected chi connectivity index (χ0v) is 18.7. The number of amides is 2. The van der Waals surface area contributed by atoms with E-state index in [0.717, 1.165) is 0 Å². The maximum atomic E-state index is 12.8. The van der Waals surface area contributed by atoms with Gasteiger partial charge < -0.3 is 65.7 Å². The van der Waals surface area contributed by atoms with Crippen LogP contribution in [0.15, 0.2) is 0 Å². The molecule has 2 aliphatic heterocycles. The molecule has 0 aromatic rings. The van der Waals surface area contributed by atoms with Crippen molar-refractivity contribution in [3.8, 4) is 0 Å². The Hall–Kier alpha value is -1.66. The Bertz CT molecular complexity index is 679. The minimum absolute atomic E-state index is 0.0764. The van der Waals surface area contributed by atoms with E-state index in [4.69, 9.17) is 14.2 Å². The summed E-state index contributed by atoms with van der Waals surface area (Å²) in [5.41, 5.74) is 0. The van der Waals surface area contributed by atoms with E-state index in [1.54, 1.807) is 13.8 Å². The van der Waals surface area contributed by atoms with Crippen molar-refractivity contribution < 1.29 is 64.7 Å². The predicted octanol–water partition coefficient (Wildman–Crippen LogP) is -5.16. The fourth-order valence-electron chi connectivity index (χ4n) is 3.61. The third-order valence-electron chi connectivity index (χ3n) is 5.56. The molecule has 0 aliphatic carbocycles. The minimum atomic E-state index is -1.84. The van der Waals surface area contributed by atoms with E-state index >= 15 is 0 Å². The molecule has 2 fully saturated rings. The number of nitrogens with one attached hydrogen (secondary N) is 2. The Kier molecular flexibility index (Phi) is 10.4. The first-order valence-corrected chi connectivity index (χ1v) is 10.8. The average Bonchev–Trinajstić information content (AvgIpc) is 2.78. The van der Waals surface area contributed by atoms with Crippen molar-refractivity contribution in [1.29, 1.82) is 0 Å². The third-order valence-corrected chi connectivity index (χ3v) is 5.56. The molecule has 2 rings (SSSR count). The van der Waals surface area contributed by atoms with E-state index in [9.17, 15) is 50.4 Å². The summed E-state index contributed by atoms with van der Waals surface area (Å²) in [6.07, 6.45) is -17.3. The molecule has 15 heteroatoms. The fraction of sp³-hybridized carbons (Fsp3) is 0.895. The van der Waals surface area contributed by atoms with Crippen molar-refractivity contribution in [2.45, 2.75) is 87.7 Å². The van der Waals surface area contributed by atoms with Gasteiger partial charge in [-0.1, -0.05) is 13.8 Å². The van der Waals surface area contributed by atoms with E-state index in [1.165, 1.54) is 0 Å². The minimum Gasteiger partial charge on any atom is -0.417 e. The summed E-state index contributed by atoms with van der Waals surface area (Å²) in [5.74, 6) is -0.984. The number of hydrogen-bond donors (Lipinski definition) is 10. The number of carbonyl (C=O) groups is 2. The Balaban J connectivity index is 2.04. The van der Waals surface area contributed by atoms with Gasteiger partial charge in [-0.2, -0.15) is 0 Å². The monoisotopic (exact) mass is 498 g/mol. The number of hydrogen-bond acceptors (Lipinski definition) is 13. The Labute approximate surface area is 194 Å². The molecule has 2 heterocycles. The molecule has 0 bridgehead atoms. The second kappa shape index (κ2) is 12.3. The Morgan fingerprint density at radius 1 is 0.824 bits per heavy atom. The summed E-state index contributed by atoms with van der Waals surface area (Å²) in [6, 6.07) is -1.26. The van der Waals surface area contributed by atoms with Crippen LogP contribution >= 0.6 is 0 Å². The van der Waals surface area contributed by atoms with Gasteiger partial charge in [-0.15, -0.1) is 0 Å². The van der Waals surface area contributed by atoms with Crippen LogP contribution in [0.5, 0.6) is 0 Å². The van der Waals surface area contributed by atoms with E-state index in [-0.39, 0.29) is 12.3 Å². The van der Waals surface area contributed by atoms with E-state index < -0.39 is 92.6 Å². The van der Waals surface area contributed by atoms with Crippen LogP contribution in [-0.2, 0) is 19.0 Å². The Morgan fingerprint density at radius 3 is 1.88 bits per heavy atom. The van der Waals surface area contributed by atoms with Crippen molar-refractivity contribution in [1.82, 2.24) is 10.6 Å². The second-order valence-corrected chi connectivity index (χ2v) is 8.69. The van der Waals surface area contributed by atoms with Gasteiger partial charge in [0.1, 0.15) is 54.9 Å². The standard InChI is InChI=1S/C19H34N2O13/c1-6(2)3-7(16(30)21-17-14(28)12(26)10(24)8(4-22)32-17)20-19(31)34-18-15(29)13(27)11(25)9(5-23)33-18/h6-15,17-18,22-29H,3-5H2,1-2H3,(H,20,31)(H,21,30)/t7-,8+,9+,10+,11+,12-,13-,14+,15+,17+,18?/m0/s1. The van der Waals surface area contributed by atoms with E-state index in [0.29, 0.717) is 0 Å². The van der Waals surface area contributed by atoms with Gasteiger partial charge in [-0.05, 0) is 12.3 Å². The average molecular weight is 498 g/mol. The molecule has 0 radical (unpaired) electrons. The summed E-state index contributed by atoms with van der Waals surface area (Å²) < 4.78 is 15.2. The lowest BCUT2D eigenvalue weighted by atomic mass is 9.97. The van der Waals surface area contributed by atoms with Crippen LogP contribution in [0.2, 0.25) is 0 Å². The highest BCUT2D eigenvalue weighted by Crippen LogP contribution is 2.23. The van der Waals surface area contributed by atoms with Crippen molar-refractivity contribution in [2.24, 2.45) is 5.92 Å². The summed E-state index contributed by atoms with van der Waals surface area (Å²) in [5, 5.41) is 82.4. The lowest BCUT2D eigenvalue weighted by Crippen LogP contribution is -2.65. The number of carbonyl (C=O) groups excluding carboxylic acids is 2. The number of rotatable bonds is 8. The predicted molar refractivity (Wildman–Crippen MR) is 109 cm³/mol. The van der Waals surface area contributed by atoms with Gasteiger partial charge >= 0.3 is 6.09 Å². The zero-order valence-electron chi connectivity index (χ0n) is 18.7. The lowest BCUT2D eigenvalue weighted by molar-refractivity contribution is -0.285. The van der Waals surface area contributed by atoms with Gasteiger partial charge in [0, 0.05) is 0 Å². The Morgan fingerprint density at radius 2 is 1.35 bits per heavy atom. The molecule has 15 nitrogen and oxygen atoms in total. The SMILES string of the molecule is CC(C)C[C@H](NC(=O)OC1O[C@H](CO)[C@@H](O)[C@H](O)[C@H]1O)C(=O)N[C@@H]1O[C@H](CO)[C@@H](O)[C@H](O)[C@H]1O. The molecule has 1 unspecified atom stereocenters. The molecule has 0 aromatic heterocycles. The molecular formula is C19H34N2O13. The highest BCUT2D eigenvalue weighted by atomic mass is 16.7. The highest BCUT2D eigenvalue weighted by Gasteiger charge is 2.46. The molecule has 2 aliphatic rings. The molecule has 11 atom stereocenters. The summed E-state index contributed by atoms with van der Waals surface area (Å²) in [7, 11) is 0. The van der Waals surface area contributed by atoms with E-state index in [1.807, 2.05) is 0 Å². The molecule has 198 valence electrons. The highest BCUT2D eigenvalue weighted by molar-refractivity contribution is 5.85. The van der Waals surface area contributed by atoms with Crippen molar-refractivity contribution in [3.05, 3.63) is 0 Å². The van der Waals surface area contributed by atoms with Crippen LogP contribution in [-0.4, -0.2) is 133 Å². The molecule has 2 saturated heterocycles. The van der Waals surface area contributed by atoms with Gasteiger partial charge in [-0.25, -0.2) is 4.79 Å². The number of aliphatic hydroxyl groups excluding tert-OH is 8. The van der Waals surface area contributed by atoms with E-state index in [2.05, 4.69) is 10.6 Å². The van der Waals surface area contributed by atoms with Crippen molar-refractivity contribution in [2.75, 3.05) is 13.2 Å². The van der Waals surface area contributed by atoms with Gasteiger partial charge in [0.05, 0.1) is 13.2 Å². The molecule has 0 spiro atoms. The number of ether oxygens (including phenoxy) is 3. The quantitative estimate of drug-likeness (QED) is 0.150. The summed E-state index contributed by atoms with van der Waals surface area (Å²) in [4.78, 5) is 25.2. The number of aliphatic hydroxyl groups is 8. The lowest BCUT2D eigenvalue weighted by Gasteiger charge is -2.40. The largest absolute Gasteiger partial charge is 0.417 e. The smallest absolute Gasteiger partial charge is 0.410 e. The van der Waals surface area contributed by atoms with Crippen LogP contribution in [0.25, 0.3) is 0 Å². The fourth-order valence-corrected chi connectivity index (χ4v) is 3.61. The van der Waals surface area contributed by atoms with Crippen LogP contribution < -0.4 is 10.6 Å². The van der Waals surface area contributed by atoms with Gasteiger partial charge in [0.15, 0.2) is 6.23 Å². The normalized spacial score (nSPS) is 39.4. The molecule has 0 aromatic carbocycles. The maximum Gasteiger partial charge on any atom is 0.410 e. The molecule has 2 amide bonds. The van der Waals surface area contributed by atoms with Crippen molar-refractivity contribution in [3.63, 3.8) is 0 Å². The van der Waals surface area contributed by atoms with Gasteiger partial charge in [0.2, 0.25) is 12.2 Å². The van der Waals surface area contributed by atoms with Gasteiger partial charge in [-0.3, -0.25) is 4.79 Å².